The smallest absolute Gasteiger partial charge is 0.334 e. The van der Waals surface area contributed by atoms with E-state index in [1.165, 1.54) is 0 Å². The number of esters is 1. The molecule has 0 bridgehead atoms. The van der Waals surface area contributed by atoms with Crippen molar-refractivity contribution in [1.29, 1.82) is 0 Å². The summed E-state index contributed by atoms with van der Waals surface area (Å²) in [5.41, 5.74) is 0.470. The van der Waals surface area contributed by atoms with Crippen LogP contribution in [0.15, 0.2) is 85.3 Å². The highest BCUT2D eigenvalue weighted by Crippen LogP contribution is 2.37. The van der Waals surface area contributed by atoms with Crippen molar-refractivity contribution in [2.45, 2.75) is 12.5 Å². The van der Waals surface area contributed by atoms with Gasteiger partial charge in [-0.3, -0.25) is 15.0 Å². The monoisotopic (exact) mass is 331 g/mol. The molecule has 0 radical (unpaired) electrons. The average Bonchev–Trinajstić information content (AvgIpc) is 2.68. The molecule has 3 heterocycles. The molecule has 0 unspecified atom stereocenters. The van der Waals surface area contributed by atoms with Gasteiger partial charge in [0.05, 0.1) is 17.1 Å². The minimum Gasteiger partial charge on any atom is -0.436 e. The highest BCUT2D eigenvalue weighted by atomic mass is 16.6. The molecule has 3 aromatic rings. The molecule has 0 spiro atoms. The van der Waals surface area contributed by atoms with Gasteiger partial charge in [0.1, 0.15) is 0 Å². The van der Waals surface area contributed by atoms with E-state index >= 15 is 0 Å². The van der Waals surface area contributed by atoms with Gasteiger partial charge in [0.15, 0.2) is 0 Å². The van der Waals surface area contributed by atoms with Crippen molar-refractivity contribution in [1.82, 2.24) is 15.0 Å². The van der Waals surface area contributed by atoms with Gasteiger partial charge >= 0.3 is 5.97 Å². The van der Waals surface area contributed by atoms with Gasteiger partial charge in [-0.15, -0.1) is 0 Å². The minimum absolute atomic E-state index is 0.284. The molecule has 5 nitrogen and oxygen atoms in total. The van der Waals surface area contributed by atoms with Crippen LogP contribution in [0.25, 0.3) is 0 Å². The molecule has 0 saturated carbocycles. The molecule has 0 aromatic carbocycles. The summed E-state index contributed by atoms with van der Waals surface area (Å²) >= 11 is 0. The van der Waals surface area contributed by atoms with E-state index < -0.39 is 11.6 Å². The van der Waals surface area contributed by atoms with E-state index in [0.717, 1.165) is 0 Å². The van der Waals surface area contributed by atoms with E-state index in [1.54, 1.807) is 61.9 Å². The Morgan fingerprint density at radius 3 is 1.52 bits per heavy atom. The summed E-state index contributed by atoms with van der Waals surface area (Å²) in [4.78, 5) is 25.8. The minimum atomic E-state index is -1.36. The maximum atomic E-state index is 12.5. The molecule has 5 heteroatoms. The Labute approximate surface area is 146 Å². The molecule has 0 aliphatic rings. The van der Waals surface area contributed by atoms with Gasteiger partial charge in [0.2, 0.25) is 5.60 Å². The first-order chi connectivity index (χ1) is 12.1. The second kappa shape index (κ2) is 7.05. The maximum absolute atomic E-state index is 12.5. The van der Waals surface area contributed by atoms with Crippen LogP contribution in [0.2, 0.25) is 0 Å². The van der Waals surface area contributed by atoms with Gasteiger partial charge < -0.3 is 4.74 Å². The molecule has 0 N–H and O–H groups in total. The average molecular weight is 331 g/mol. The van der Waals surface area contributed by atoms with Crippen molar-refractivity contribution >= 4 is 5.97 Å². The Balaban J connectivity index is 2.31. The second-order valence-electron chi connectivity index (χ2n) is 5.50. The van der Waals surface area contributed by atoms with Crippen molar-refractivity contribution in [2.75, 3.05) is 0 Å². The fourth-order valence-electron chi connectivity index (χ4n) is 2.49. The fourth-order valence-corrected chi connectivity index (χ4v) is 2.49. The van der Waals surface area contributed by atoms with Gasteiger partial charge in [0.25, 0.3) is 0 Å². The normalized spacial score (nSPS) is 10.9. The summed E-state index contributed by atoms with van der Waals surface area (Å²) in [6, 6.07) is 16.2. The van der Waals surface area contributed by atoms with Crippen LogP contribution in [0.4, 0.5) is 0 Å². The van der Waals surface area contributed by atoms with Crippen molar-refractivity contribution in [3.63, 3.8) is 0 Å². The Kier molecular flexibility index (Phi) is 4.66. The first-order valence-corrected chi connectivity index (χ1v) is 7.78. The molecule has 124 valence electrons. The number of hydrogen-bond acceptors (Lipinski definition) is 5. The van der Waals surface area contributed by atoms with E-state index in [9.17, 15) is 4.79 Å². The van der Waals surface area contributed by atoms with E-state index in [2.05, 4.69) is 21.5 Å². The van der Waals surface area contributed by atoms with E-state index in [0.29, 0.717) is 17.1 Å². The lowest BCUT2D eigenvalue weighted by Crippen LogP contribution is -2.38. The Morgan fingerprint density at radius 2 is 1.24 bits per heavy atom. The zero-order valence-corrected chi connectivity index (χ0v) is 13.8. The maximum Gasteiger partial charge on any atom is 0.334 e. The molecule has 0 fully saturated rings. The number of hydrogen-bond donors (Lipinski definition) is 0. The molecule has 0 amide bonds. The number of pyridine rings is 3. The summed E-state index contributed by atoms with van der Waals surface area (Å²) in [7, 11) is 0. The van der Waals surface area contributed by atoms with E-state index in [-0.39, 0.29) is 5.57 Å². The lowest BCUT2D eigenvalue weighted by Gasteiger charge is -2.32. The number of nitrogens with zero attached hydrogens (tertiary/aromatic N) is 3. The van der Waals surface area contributed by atoms with Gasteiger partial charge in [-0.25, -0.2) is 4.79 Å². The summed E-state index contributed by atoms with van der Waals surface area (Å²) in [6.45, 7) is 5.28. The number of aromatic nitrogens is 3. The summed E-state index contributed by atoms with van der Waals surface area (Å²) in [6.07, 6.45) is 4.93. The van der Waals surface area contributed by atoms with Gasteiger partial charge in [0, 0.05) is 24.2 Å². The van der Waals surface area contributed by atoms with Crippen LogP contribution in [-0.2, 0) is 15.1 Å². The third kappa shape index (κ3) is 3.17. The molecule has 3 aromatic heterocycles. The third-order valence-corrected chi connectivity index (χ3v) is 3.67. The molecular formula is C20H17N3O2. The highest BCUT2D eigenvalue weighted by molar-refractivity contribution is 5.87. The topological polar surface area (TPSA) is 65.0 Å². The van der Waals surface area contributed by atoms with Crippen LogP contribution in [0.3, 0.4) is 0 Å². The SMILES string of the molecule is C=C(C)C(=O)OC(c1ccccn1)(c1ccccn1)c1ccccn1. The predicted octanol–water partition coefficient (Wildman–Crippen LogP) is 3.28. The first kappa shape index (κ1) is 16.5. The van der Waals surface area contributed by atoms with Crippen molar-refractivity contribution < 1.29 is 9.53 Å². The van der Waals surface area contributed by atoms with Crippen LogP contribution >= 0.6 is 0 Å². The molecule has 0 aliphatic carbocycles. The number of carbonyl (C=O) groups excluding carboxylic acids is 1. The lowest BCUT2D eigenvalue weighted by molar-refractivity contribution is -0.149. The summed E-state index contributed by atoms with van der Waals surface area (Å²) in [5, 5.41) is 0. The van der Waals surface area contributed by atoms with Gasteiger partial charge in [-0.05, 0) is 43.3 Å². The van der Waals surface area contributed by atoms with E-state index in [1.807, 2.05) is 18.2 Å². The largest absolute Gasteiger partial charge is 0.436 e. The Bertz CT molecular complexity index is 769. The molecule has 0 aliphatic heterocycles. The van der Waals surface area contributed by atoms with Crippen LogP contribution in [0.5, 0.6) is 0 Å². The number of rotatable bonds is 5. The third-order valence-electron chi connectivity index (χ3n) is 3.67. The van der Waals surface area contributed by atoms with Crippen molar-refractivity contribution in [3.05, 3.63) is 102 Å². The number of ether oxygens (including phenoxy) is 1. The molecular weight excluding hydrogens is 314 g/mol. The van der Waals surface area contributed by atoms with Gasteiger partial charge in [-0.2, -0.15) is 0 Å². The Morgan fingerprint density at radius 1 is 0.840 bits per heavy atom. The van der Waals surface area contributed by atoms with Crippen LogP contribution in [0, 0.1) is 0 Å². The van der Waals surface area contributed by atoms with Crippen LogP contribution in [0.1, 0.15) is 24.0 Å². The summed E-state index contributed by atoms with van der Waals surface area (Å²) in [5.74, 6) is -0.540. The first-order valence-electron chi connectivity index (χ1n) is 7.78. The summed E-state index contributed by atoms with van der Waals surface area (Å²) < 4.78 is 5.93. The quantitative estimate of drug-likeness (QED) is 0.530. The van der Waals surface area contributed by atoms with Gasteiger partial charge in [-0.1, -0.05) is 24.8 Å². The Hall–Kier alpha value is -3.34. The number of carbonyl (C=O) groups is 1. The van der Waals surface area contributed by atoms with Crippen molar-refractivity contribution in [2.24, 2.45) is 0 Å². The molecule has 25 heavy (non-hydrogen) atoms. The zero-order chi connectivity index (χ0) is 17.7. The standard InChI is InChI=1S/C20H17N3O2/c1-15(2)19(24)25-20(16-9-3-6-12-21-16,17-10-4-7-13-22-17)18-11-5-8-14-23-18/h3-14H,1H2,2H3. The second-order valence-corrected chi connectivity index (χ2v) is 5.50. The molecule has 0 atom stereocenters. The molecule has 3 rings (SSSR count). The highest BCUT2D eigenvalue weighted by Gasteiger charge is 2.44. The van der Waals surface area contributed by atoms with Crippen LogP contribution < -0.4 is 0 Å². The molecule has 0 saturated heterocycles. The van der Waals surface area contributed by atoms with E-state index in [4.69, 9.17) is 4.74 Å². The lowest BCUT2D eigenvalue weighted by atomic mass is 9.89. The fraction of sp³-hybridized carbons (Fsp3) is 0.100. The van der Waals surface area contributed by atoms with Crippen LogP contribution in [-0.4, -0.2) is 20.9 Å². The zero-order valence-electron chi connectivity index (χ0n) is 13.8. The van der Waals surface area contributed by atoms with Crippen molar-refractivity contribution in [3.8, 4) is 0 Å². The predicted molar refractivity (Wildman–Crippen MR) is 93.5 cm³/mol.